The van der Waals surface area contributed by atoms with E-state index in [9.17, 15) is 0 Å². The molecule has 1 N–H and O–H groups in total. The highest BCUT2D eigenvalue weighted by molar-refractivity contribution is 5.85. The van der Waals surface area contributed by atoms with Gasteiger partial charge in [0.1, 0.15) is 5.75 Å². The summed E-state index contributed by atoms with van der Waals surface area (Å²) in [6.45, 7) is 4.32. The molecule has 2 heteroatoms. The molecule has 1 aromatic carbocycles. The molecule has 0 aliphatic carbocycles. The van der Waals surface area contributed by atoms with Gasteiger partial charge in [-0.3, -0.25) is 0 Å². The topological polar surface area (TPSA) is 25.0 Å². The number of aromatic nitrogens is 1. The Balaban J connectivity index is 2.66. The van der Waals surface area contributed by atoms with Gasteiger partial charge in [-0.15, -0.1) is 0 Å². The second-order valence-electron chi connectivity index (χ2n) is 3.49. The normalized spacial score (nSPS) is 10.8. The third-order valence-corrected chi connectivity index (χ3v) is 2.72. The summed E-state index contributed by atoms with van der Waals surface area (Å²) >= 11 is 0. The lowest BCUT2D eigenvalue weighted by atomic mass is 10.1. The van der Waals surface area contributed by atoms with Gasteiger partial charge in [-0.1, -0.05) is 6.92 Å². The summed E-state index contributed by atoms with van der Waals surface area (Å²) in [6, 6.07) is 6.16. The van der Waals surface area contributed by atoms with E-state index in [4.69, 9.17) is 4.74 Å². The Morgan fingerprint density at radius 1 is 1.36 bits per heavy atom. The highest BCUT2D eigenvalue weighted by atomic mass is 16.5. The van der Waals surface area contributed by atoms with Crippen LogP contribution in [0.5, 0.6) is 5.75 Å². The average Bonchev–Trinajstić information content (AvgIpc) is 2.55. The standard InChI is InChI=1S/C12H15NO/c1-4-11-8(2)10-6-5-9(14-3)7-12(10)13-11/h5-7,13H,4H2,1-3H3. The van der Waals surface area contributed by atoms with E-state index >= 15 is 0 Å². The van der Waals surface area contributed by atoms with Crippen LogP contribution >= 0.6 is 0 Å². The molecule has 14 heavy (non-hydrogen) atoms. The van der Waals surface area contributed by atoms with E-state index in [1.165, 1.54) is 22.2 Å². The fraction of sp³-hybridized carbons (Fsp3) is 0.333. The fourth-order valence-electron chi connectivity index (χ4n) is 1.85. The molecular formula is C12H15NO. The Morgan fingerprint density at radius 2 is 2.14 bits per heavy atom. The smallest absolute Gasteiger partial charge is 0.120 e. The monoisotopic (exact) mass is 189 g/mol. The van der Waals surface area contributed by atoms with Crippen molar-refractivity contribution in [2.24, 2.45) is 0 Å². The van der Waals surface area contributed by atoms with Crippen LogP contribution in [0.25, 0.3) is 10.9 Å². The van der Waals surface area contributed by atoms with E-state index in [1.54, 1.807) is 7.11 Å². The maximum atomic E-state index is 5.19. The van der Waals surface area contributed by atoms with Crippen molar-refractivity contribution in [1.29, 1.82) is 0 Å². The number of nitrogens with one attached hydrogen (secondary N) is 1. The number of H-pyrrole nitrogens is 1. The number of hydrogen-bond donors (Lipinski definition) is 1. The number of rotatable bonds is 2. The molecule has 1 heterocycles. The molecule has 0 atom stereocenters. The molecule has 2 rings (SSSR count). The molecular weight excluding hydrogens is 174 g/mol. The van der Waals surface area contributed by atoms with Crippen molar-refractivity contribution in [3.8, 4) is 5.75 Å². The highest BCUT2D eigenvalue weighted by Crippen LogP contribution is 2.25. The number of ether oxygens (including phenoxy) is 1. The minimum atomic E-state index is 0.904. The zero-order valence-corrected chi connectivity index (χ0v) is 8.85. The molecule has 0 aliphatic rings. The van der Waals surface area contributed by atoms with Crippen molar-refractivity contribution >= 4 is 10.9 Å². The minimum absolute atomic E-state index is 0.904. The first-order valence-electron chi connectivity index (χ1n) is 4.91. The van der Waals surface area contributed by atoms with Gasteiger partial charge in [-0.25, -0.2) is 0 Å². The summed E-state index contributed by atoms with van der Waals surface area (Å²) in [7, 11) is 1.69. The lowest BCUT2D eigenvalue weighted by Gasteiger charge is -1.98. The quantitative estimate of drug-likeness (QED) is 0.771. The van der Waals surface area contributed by atoms with Gasteiger partial charge in [-0.05, 0) is 31.0 Å². The number of benzene rings is 1. The SMILES string of the molecule is CCc1[nH]c2cc(OC)ccc2c1C. The van der Waals surface area contributed by atoms with Gasteiger partial charge in [-0.2, -0.15) is 0 Å². The van der Waals surface area contributed by atoms with Crippen LogP contribution in [0.2, 0.25) is 0 Å². The lowest BCUT2D eigenvalue weighted by Crippen LogP contribution is -1.81. The predicted octanol–water partition coefficient (Wildman–Crippen LogP) is 3.05. The van der Waals surface area contributed by atoms with E-state index in [0.29, 0.717) is 0 Å². The van der Waals surface area contributed by atoms with Gasteiger partial charge in [0, 0.05) is 22.7 Å². The molecule has 0 fully saturated rings. The second kappa shape index (κ2) is 3.37. The first kappa shape index (κ1) is 9.13. The number of aryl methyl sites for hydroxylation is 2. The van der Waals surface area contributed by atoms with E-state index in [2.05, 4.69) is 24.9 Å². The number of aromatic amines is 1. The third-order valence-electron chi connectivity index (χ3n) is 2.72. The first-order chi connectivity index (χ1) is 6.76. The van der Waals surface area contributed by atoms with Gasteiger partial charge >= 0.3 is 0 Å². The van der Waals surface area contributed by atoms with E-state index in [1.807, 2.05) is 12.1 Å². The van der Waals surface area contributed by atoms with Crippen LogP contribution in [0.4, 0.5) is 0 Å². The van der Waals surface area contributed by atoms with Crippen molar-refractivity contribution in [3.05, 3.63) is 29.5 Å². The molecule has 0 saturated carbocycles. The summed E-state index contributed by atoms with van der Waals surface area (Å²) < 4.78 is 5.19. The van der Waals surface area contributed by atoms with E-state index < -0.39 is 0 Å². The summed E-state index contributed by atoms with van der Waals surface area (Å²) in [6.07, 6.45) is 1.04. The van der Waals surface area contributed by atoms with Crippen LogP contribution in [0.15, 0.2) is 18.2 Å². The molecule has 74 valence electrons. The number of methoxy groups -OCH3 is 1. The molecule has 0 amide bonds. The summed E-state index contributed by atoms with van der Waals surface area (Å²) in [5, 5.41) is 1.29. The molecule has 2 aromatic rings. The molecule has 2 nitrogen and oxygen atoms in total. The van der Waals surface area contributed by atoms with Crippen molar-refractivity contribution in [2.75, 3.05) is 7.11 Å². The molecule has 0 spiro atoms. The number of fused-ring (bicyclic) bond motifs is 1. The maximum absolute atomic E-state index is 5.19. The molecule has 0 saturated heterocycles. The molecule has 0 radical (unpaired) electrons. The second-order valence-corrected chi connectivity index (χ2v) is 3.49. The molecule has 0 unspecified atom stereocenters. The Bertz CT molecular complexity index is 457. The van der Waals surface area contributed by atoms with Gasteiger partial charge in [0.2, 0.25) is 0 Å². The van der Waals surface area contributed by atoms with E-state index in [0.717, 1.165) is 12.2 Å². The number of hydrogen-bond acceptors (Lipinski definition) is 1. The molecule has 0 aliphatic heterocycles. The van der Waals surface area contributed by atoms with Crippen LogP contribution in [-0.4, -0.2) is 12.1 Å². The van der Waals surface area contributed by atoms with Gasteiger partial charge in [0.25, 0.3) is 0 Å². The van der Waals surface area contributed by atoms with Crippen LogP contribution in [-0.2, 0) is 6.42 Å². The zero-order chi connectivity index (χ0) is 10.1. The summed E-state index contributed by atoms with van der Waals surface area (Å²) in [4.78, 5) is 3.41. The molecule has 1 aromatic heterocycles. The first-order valence-corrected chi connectivity index (χ1v) is 4.91. The Labute approximate surface area is 83.9 Å². The molecule has 0 bridgehead atoms. The van der Waals surface area contributed by atoms with E-state index in [-0.39, 0.29) is 0 Å². The van der Waals surface area contributed by atoms with Crippen molar-refractivity contribution in [3.63, 3.8) is 0 Å². The summed E-state index contributed by atoms with van der Waals surface area (Å²) in [5.74, 6) is 0.904. The summed E-state index contributed by atoms with van der Waals surface area (Å²) in [5.41, 5.74) is 3.83. The fourth-order valence-corrected chi connectivity index (χ4v) is 1.85. The van der Waals surface area contributed by atoms with Gasteiger partial charge in [0.05, 0.1) is 7.11 Å². The van der Waals surface area contributed by atoms with Crippen molar-refractivity contribution < 1.29 is 4.74 Å². The minimum Gasteiger partial charge on any atom is -0.497 e. The van der Waals surface area contributed by atoms with Gasteiger partial charge < -0.3 is 9.72 Å². The average molecular weight is 189 g/mol. The van der Waals surface area contributed by atoms with Crippen molar-refractivity contribution in [1.82, 2.24) is 4.98 Å². The maximum Gasteiger partial charge on any atom is 0.120 e. The van der Waals surface area contributed by atoms with Crippen LogP contribution in [0.1, 0.15) is 18.2 Å². The zero-order valence-electron chi connectivity index (χ0n) is 8.85. The highest BCUT2D eigenvalue weighted by Gasteiger charge is 2.06. The predicted molar refractivity (Wildman–Crippen MR) is 59.0 cm³/mol. The lowest BCUT2D eigenvalue weighted by molar-refractivity contribution is 0.415. The Morgan fingerprint density at radius 3 is 2.79 bits per heavy atom. The van der Waals surface area contributed by atoms with Gasteiger partial charge in [0.15, 0.2) is 0 Å². The Kier molecular flexibility index (Phi) is 2.20. The third kappa shape index (κ3) is 1.27. The Hall–Kier alpha value is -1.44. The largest absolute Gasteiger partial charge is 0.497 e. The van der Waals surface area contributed by atoms with Crippen molar-refractivity contribution in [2.45, 2.75) is 20.3 Å². The van der Waals surface area contributed by atoms with Crippen LogP contribution in [0, 0.1) is 6.92 Å². The van der Waals surface area contributed by atoms with Crippen LogP contribution in [0.3, 0.4) is 0 Å². The van der Waals surface area contributed by atoms with Crippen LogP contribution < -0.4 is 4.74 Å².